The Labute approximate surface area is 358 Å². The third-order valence-electron chi connectivity index (χ3n) is 14.4. The zero-order chi connectivity index (χ0) is 41.6. The largest absolute Gasteiger partial charge is 0.289 e. The van der Waals surface area contributed by atoms with Crippen molar-refractivity contribution in [1.29, 1.82) is 10.5 Å². The van der Waals surface area contributed by atoms with Crippen molar-refractivity contribution in [1.82, 2.24) is 0 Å². The van der Waals surface area contributed by atoms with E-state index in [4.69, 9.17) is 13.1 Å². The van der Waals surface area contributed by atoms with Crippen LogP contribution in [0.5, 0.6) is 0 Å². The quantitative estimate of drug-likeness (QED) is 0.101. The molecule has 4 aromatic carbocycles. The third kappa shape index (κ3) is 5.15. The summed E-state index contributed by atoms with van der Waals surface area (Å²) >= 11 is 1.79. The summed E-state index contributed by atoms with van der Waals surface area (Å²) in [6.45, 7) is 15.7. The number of nitriles is 2. The summed E-state index contributed by atoms with van der Waals surface area (Å²) in [7, 11) is 0. The van der Waals surface area contributed by atoms with Gasteiger partial charge in [0, 0.05) is 64.4 Å². The average Bonchev–Trinajstić information content (AvgIpc) is 4.03. The first-order valence-corrected chi connectivity index (χ1v) is 21.9. The number of hydrogen-bond donors (Lipinski definition) is 0. The van der Waals surface area contributed by atoms with Crippen LogP contribution in [0.1, 0.15) is 118 Å². The lowest BCUT2D eigenvalue weighted by molar-refractivity contribution is 0.103. The number of fused-ring (bicyclic) bond motifs is 9. The number of hydrogen-bond acceptors (Lipinski definition) is 5. The minimum Gasteiger partial charge on any atom is -0.289 e. The van der Waals surface area contributed by atoms with E-state index in [1.54, 1.807) is 23.5 Å². The number of benzene rings is 4. The van der Waals surface area contributed by atoms with Gasteiger partial charge in [-0.15, -0.1) is 11.3 Å². The number of ketones is 2. The molecule has 0 saturated heterocycles. The lowest BCUT2D eigenvalue weighted by Crippen LogP contribution is -2.29. The number of rotatable bonds is 2. The Balaban J connectivity index is 1.06. The van der Waals surface area contributed by atoms with E-state index >= 15 is 0 Å². The van der Waals surface area contributed by atoms with Crippen molar-refractivity contribution in [2.75, 3.05) is 0 Å². The van der Waals surface area contributed by atoms with Crippen molar-refractivity contribution in [2.24, 2.45) is 0 Å². The highest BCUT2D eigenvalue weighted by Gasteiger charge is 2.45. The van der Waals surface area contributed by atoms with E-state index in [1.807, 2.05) is 48.6 Å². The maximum atomic E-state index is 14.1. The molecule has 0 amide bonds. The molecule has 0 unspecified atom stereocenters. The summed E-state index contributed by atoms with van der Waals surface area (Å²) in [6, 6.07) is 28.3. The molecule has 0 radical (unpaired) electrons. The number of thiophene rings is 1. The molecule has 0 atom stereocenters. The molecule has 0 bridgehead atoms. The van der Waals surface area contributed by atoms with Crippen LogP contribution in [0.15, 0.2) is 119 Å². The molecule has 6 aliphatic carbocycles. The van der Waals surface area contributed by atoms with Crippen LogP contribution < -0.4 is 0 Å². The van der Waals surface area contributed by atoms with E-state index < -0.39 is 0 Å². The van der Waals surface area contributed by atoms with Gasteiger partial charge in [-0.25, -0.2) is 20.2 Å². The summed E-state index contributed by atoms with van der Waals surface area (Å²) in [5.41, 5.74) is 10.5. The van der Waals surface area contributed by atoms with Gasteiger partial charge in [0.2, 0.25) is 0 Å². The summed E-state index contributed by atoms with van der Waals surface area (Å²) in [6.07, 6.45) is 18.9. The number of allylic oxidation sites excluding steroid dienone is 10. The Morgan fingerprint density at radius 2 is 0.984 bits per heavy atom. The Morgan fingerprint density at radius 3 is 1.36 bits per heavy atom. The summed E-state index contributed by atoms with van der Waals surface area (Å²) < 4.78 is 2.41. The van der Waals surface area contributed by atoms with Gasteiger partial charge in [0.15, 0.2) is 11.6 Å². The van der Waals surface area contributed by atoms with Crippen LogP contribution in [0.3, 0.4) is 0 Å². The van der Waals surface area contributed by atoms with E-state index in [0.717, 1.165) is 75.4 Å². The van der Waals surface area contributed by atoms with Gasteiger partial charge >= 0.3 is 0 Å². The molecule has 61 heavy (non-hydrogen) atoms. The van der Waals surface area contributed by atoms with E-state index in [-0.39, 0.29) is 33.8 Å². The molecular formula is C54H36N4O2S. The average molecular weight is 805 g/mol. The van der Waals surface area contributed by atoms with Gasteiger partial charge in [-0.1, -0.05) is 99.2 Å². The minimum atomic E-state index is -0.291. The fourth-order valence-electron chi connectivity index (χ4n) is 11.7. The van der Waals surface area contributed by atoms with E-state index in [2.05, 4.69) is 58.2 Å². The molecule has 1 heterocycles. The lowest BCUT2D eigenvalue weighted by Gasteiger charge is -2.37. The molecule has 11 rings (SSSR count). The van der Waals surface area contributed by atoms with Gasteiger partial charge in [-0.2, -0.15) is 0 Å². The molecule has 2 spiro atoms. The summed E-state index contributed by atoms with van der Waals surface area (Å²) in [5.74, 6) is -0.284. The molecule has 0 aliphatic heterocycles. The molecule has 6 aliphatic rings. The van der Waals surface area contributed by atoms with Crippen molar-refractivity contribution in [3.8, 4) is 12.1 Å². The minimum absolute atomic E-state index is 0.0606. The van der Waals surface area contributed by atoms with Crippen LogP contribution in [-0.4, -0.2) is 11.6 Å². The Kier molecular flexibility index (Phi) is 8.28. The van der Waals surface area contributed by atoms with Gasteiger partial charge in [-0.05, 0) is 107 Å². The van der Waals surface area contributed by atoms with Crippen molar-refractivity contribution in [3.05, 3.63) is 186 Å². The predicted octanol–water partition coefficient (Wildman–Crippen LogP) is 13.2. The second-order valence-electron chi connectivity index (χ2n) is 17.2. The van der Waals surface area contributed by atoms with Gasteiger partial charge < -0.3 is 0 Å². The maximum Gasteiger partial charge on any atom is 0.270 e. The fourth-order valence-corrected chi connectivity index (χ4v) is 12.8. The molecule has 7 heteroatoms. The number of carbonyl (C=O) groups is 2. The zero-order valence-electron chi connectivity index (χ0n) is 33.3. The summed E-state index contributed by atoms with van der Waals surface area (Å²) in [4.78, 5) is 35.3. The fraction of sp³-hybridized carbons (Fsp3) is 0.222. The predicted molar refractivity (Wildman–Crippen MR) is 241 cm³/mol. The second kappa shape index (κ2) is 13.7. The first-order chi connectivity index (χ1) is 29.8. The van der Waals surface area contributed by atoms with Crippen molar-refractivity contribution in [3.63, 3.8) is 0 Å². The lowest BCUT2D eigenvalue weighted by atomic mass is 9.66. The van der Waals surface area contributed by atoms with Crippen LogP contribution in [0.25, 0.3) is 53.2 Å². The van der Waals surface area contributed by atoms with Crippen LogP contribution >= 0.6 is 11.3 Å². The number of carbonyl (C=O) groups excluding carboxylic acids is 2. The monoisotopic (exact) mass is 804 g/mol. The molecule has 6 nitrogen and oxygen atoms in total. The van der Waals surface area contributed by atoms with Crippen molar-refractivity contribution < 1.29 is 9.59 Å². The molecule has 0 N–H and O–H groups in total. The van der Waals surface area contributed by atoms with Crippen molar-refractivity contribution in [2.45, 2.75) is 75.0 Å². The maximum absolute atomic E-state index is 14.1. The van der Waals surface area contributed by atoms with Gasteiger partial charge in [0.1, 0.15) is 0 Å². The van der Waals surface area contributed by atoms with E-state index in [1.165, 1.54) is 42.4 Å². The molecule has 2 saturated carbocycles. The Hall–Kier alpha value is -7.16. The van der Waals surface area contributed by atoms with Gasteiger partial charge in [-0.3, -0.25) is 9.59 Å². The smallest absolute Gasteiger partial charge is 0.270 e. The van der Waals surface area contributed by atoms with Crippen LogP contribution in [0.2, 0.25) is 0 Å². The Morgan fingerprint density at radius 1 is 0.590 bits per heavy atom. The third-order valence-corrected chi connectivity index (χ3v) is 15.5. The number of Topliss-reactive ketones (excluding diaryl/α,β-unsaturated/α-hetero) is 2. The molecule has 2 fully saturated rings. The normalized spacial score (nSPS) is 22.0. The van der Waals surface area contributed by atoms with Crippen molar-refractivity contribution >= 4 is 66.4 Å². The molecule has 1 aromatic heterocycles. The number of nitrogens with zero attached hydrogens (tertiary/aromatic N) is 4. The van der Waals surface area contributed by atoms with E-state index in [0.29, 0.717) is 44.5 Å². The second-order valence-corrected chi connectivity index (χ2v) is 18.3. The highest BCUT2D eigenvalue weighted by Crippen LogP contribution is 2.57. The molecular weight excluding hydrogens is 769 g/mol. The highest BCUT2D eigenvalue weighted by atomic mass is 32.1. The first-order valence-electron chi connectivity index (χ1n) is 21.1. The molecule has 290 valence electrons. The zero-order valence-corrected chi connectivity index (χ0v) is 34.1. The van der Waals surface area contributed by atoms with E-state index in [9.17, 15) is 20.1 Å². The topological polar surface area (TPSA) is 90.4 Å². The first kappa shape index (κ1) is 36.9. The van der Waals surface area contributed by atoms with Gasteiger partial charge in [0.25, 0.3) is 11.4 Å². The summed E-state index contributed by atoms with van der Waals surface area (Å²) in [5, 5.41) is 22.5. The Bertz CT molecular complexity index is 3030. The highest BCUT2D eigenvalue weighted by molar-refractivity contribution is 7.25. The van der Waals surface area contributed by atoms with Crippen LogP contribution in [0, 0.1) is 35.8 Å². The van der Waals surface area contributed by atoms with Crippen LogP contribution in [-0.2, 0) is 10.8 Å². The van der Waals surface area contributed by atoms with Crippen LogP contribution in [0.4, 0.5) is 0 Å². The molecule has 5 aromatic rings. The van der Waals surface area contributed by atoms with Gasteiger partial charge in [0.05, 0.1) is 25.3 Å². The standard InChI is InChI=1S/C54H36N4O2S/c1-57-45(29-55)49-35-13-5-7-15-37(35)51(59)41(49)25-33-21-31-23-47-39(27-43(31)53(33)17-9-3-10-18-53)40-28-44-32(24-48(40)61-47)22-34(54(44)19-11-4-12-20-54)26-42-50(46(30-56)58-2)36-14-6-8-16-38(36)52(42)60/h5-8,13-16,21-28H,3-4,9-12,17-20H2/b41-25-,42-26-,49-45+,50-46?. The SMILES string of the molecule is [C-]#[N+]C(C#N)=C1/C(=C/C2=Cc3cc4sc5cc6c(cc5c4cc3C23CCCCC3)C2(CCCCC2)C(/C=C2\C(=O)c3ccccc3\C2=C(\C#N)[N+]#[C-])=C6)C(=O)c2ccccc21.